The zero-order chi connectivity index (χ0) is 9.97. The van der Waals surface area contributed by atoms with Crippen molar-refractivity contribution in [2.24, 2.45) is 5.73 Å². The number of piperidine rings is 1. The molecule has 76 valence electrons. The summed E-state index contributed by atoms with van der Waals surface area (Å²) in [6.07, 6.45) is 1.07. The third-order valence-corrected chi connectivity index (χ3v) is 3.18. The highest BCUT2D eigenvalue weighted by Crippen LogP contribution is 2.29. The van der Waals surface area contributed by atoms with Crippen molar-refractivity contribution in [3.8, 4) is 0 Å². The Morgan fingerprint density at radius 3 is 2.86 bits per heavy atom. The standard InChI is InChI=1S/C11H15ClN2/c12-10-4-2-1-3-8(10)9-5-6-14-7-11(9)13/h1-4,9,11,14H,5-7,13H2. The molecule has 0 bridgehead atoms. The van der Waals surface area contributed by atoms with Crippen LogP contribution in [0.15, 0.2) is 24.3 Å². The van der Waals surface area contributed by atoms with E-state index in [2.05, 4.69) is 11.4 Å². The molecule has 2 rings (SSSR count). The third-order valence-electron chi connectivity index (χ3n) is 2.83. The summed E-state index contributed by atoms with van der Waals surface area (Å²) in [6.45, 7) is 1.92. The van der Waals surface area contributed by atoms with Gasteiger partial charge in [0, 0.05) is 23.5 Å². The van der Waals surface area contributed by atoms with Crippen LogP contribution < -0.4 is 11.1 Å². The summed E-state index contributed by atoms with van der Waals surface area (Å²) in [5.74, 6) is 0.407. The Morgan fingerprint density at radius 1 is 1.36 bits per heavy atom. The Hall–Kier alpha value is -0.570. The van der Waals surface area contributed by atoms with Gasteiger partial charge in [-0.3, -0.25) is 0 Å². The first-order chi connectivity index (χ1) is 6.79. The summed E-state index contributed by atoms with van der Waals surface area (Å²) in [5, 5.41) is 4.13. The predicted molar refractivity (Wildman–Crippen MR) is 59.7 cm³/mol. The van der Waals surface area contributed by atoms with E-state index >= 15 is 0 Å². The van der Waals surface area contributed by atoms with Crippen LogP contribution in [0.5, 0.6) is 0 Å². The van der Waals surface area contributed by atoms with Gasteiger partial charge in [-0.15, -0.1) is 0 Å². The molecule has 2 unspecified atom stereocenters. The maximum atomic E-state index is 6.15. The molecule has 0 aromatic heterocycles. The van der Waals surface area contributed by atoms with Crippen molar-refractivity contribution in [3.05, 3.63) is 34.9 Å². The van der Waals surface area contributed by atoms with Crippen LogP contribution in [0.4, 0.5) is 0 Å². The maximum Gasteiger partial charge on any atom is 0.0441 e. The number of hydrogen-bond acceptors (Lipinski definition) is 2. The molecule has 2 nitrogen and oxygen atoms in total. The van der Waals surface area contributed by atoms with Gasteiger partial charge < -0.3 is 11.1 Å². The Labute approximate surface area is 89.4 Å². The Kier molecular flexibility index (Phi) is 3.06. The highest BCUT2D eigenvalue weighted by Gasteiger charge is 2.24. The van der Waals surface area contributed by atoms with Crippen LogP contribution in [0.2, 0.25) is 5.02 Å². The van der Waals surface area contributed by atoms with Crippen LogP contribution in [0.25, 0.3) is 0 Å². The number of benzene rings is 1. The van der Waals surface area contributed by atoms with Crippen molar-refractivity contribution in [1.29, 1.82) is 0 Å². The van der Waals surface area contributed by atoms with E-state index in [1.165, 1.54) is 5.56 Å². The average Bonchev–Trinajstić information content (AvgIpc) is 2.20. The molecule has 1 heterocycles. The number of hydrogen-bond donors (Lipinski definition) is 2. The molecular formula is C11H15ClN2. The highest BCUT2D eigenvalue weighted by atomic mass is 35.5. The van der Waals surface area contributed by atoms with Crippen molar-refractivity contribution < 1.29 is 0 Å². The molecule has 0 amide bonds. The van der Waals surface area contributed by atoms with Crippen molar-refractivity contribution in [3.63, 3.8) is 0 Å². The SMILES string of the molecule is NC1CNCCC1c1ccccc1Cl. The highest BCUT2D eigenvalue weighted by molar-refractivity contribution is 6.31. The normalized spacial score (nSPS) is 27.6. The van der Waals surface area contributed by atoms with Gasteiger partial charge in [-0.25, -0.2) is 0 Å². The predicted octanol–water partition coefficient (Wildman–Crippen LogP) is 1.74. The lowest BCUT2D eigenvalue weighted by molar-refractivity contribution is 0.403. The minimum Gasteiger partial charge on any atom is -0.326 e. The van der Waals surface area contributed by atoms with E-state index in [1.54, 1.807) is 0 Å². The van der Waals surface area contributed by atoms with Gasteiger partial charge in [0.05, 0.1) is 0 Å². The first-order valence-electron chi connectivity index (χ1n) is 5.00. The van der Waals surface area contributed by atoms with Crippen molar-refractivity contribution in [1.82, 2.24) is 5.32 Å². The summed E-state index contributed by atoms with van der Waals surface area (Å²) in [4.78, 5) is 0. The topological polar surface area (TPSA) is 38.0 Å². The van der Waals surface area contributed by atoms with Crippen molar-refractivity contribution in [2.75, 3.05) is 13.1 Å². The number of nitrogens with one attached hydrogen (secondary N) is 1. The Morgan fingerprint density at radius 2 is 2.14 bits per heavy atom. The lowest BCUT2D eigenvalue weighted by atomic mass is 9.86. The summed E-state index contributed by atoms with van der Waals surface area (Å²) in [6, 6.07) is 8.18. The van der Waals surface area contributed by atoms with Gasteiger partial charge in [0.1, 0.15) is 0 Å². The second-order valence-corrected chi connectivity index (χ2v) is 4.19. The molecule has 0 aliphatic carbocycles. The largest absolute Gasteiger partial charge is 0.326 e. The van der Waals surface area contributed by atoms with Gasteiger partial charge in [0.2, 0.25) is 0 Å². The fourth-order valence-electron chi connectivity index (χ4n) is 2.04. The third kappa shape index (κ3) is 1.92. The van der Waals surface area contributed by atoms with Gasteiger partial charge >= 0.3 is 0 Å². The van der Waals surface area contributed by atoms with Crippen LogP contribution in [-0.2, 0) is 0 Å². The maximum absolute atomic E-state index is 6.15. The second-order valence-electron chi connectivity index (χ2n) is 3.78. The van der Waals surface area contributed by atoms with E-state index in [4.69, 9.17) is 17.3 Å². The number of rotatable bonds is 1. The van der Waals surface area contributed by atoms with E-state index < -0.39 is 0 Å². The van der Waals surface area contributed by atoms with E-state index in [-0.39, 0.29) is 6.04 Å². The molecule has 1 aromatic rings. The van der Waals surface area contributed by atoms with Gasteiger partial charge in [-0.2, -0.15) is 0 Å². The molecule has 1 fully saturated rings. The summed E-state index contributed by atoms with van der Waals surface area (Å²) in [7, 11) is 0. The molecule has 1 aliphatic rings. The van der Waals surface area contributed by atoms with E-state index in [9.17, 15) is 0 Å². The summed E-state index contributed by atoms with van der Waals surface area (Å²) >= 11 is 6.15. The molecule has 1 aromatic carbocycles. The average molecular weight is 211 g/mol. The van der Waals surface area contributed by atoms with Crippen LogP contribution >= 0.6 is 11.6 Å². The summed E-state index contributed by atoms with van der Waals surface area (Å²) < 4.78 is 0. The van der Waals surface area contributed by atoms with Crippen LogP contribution in [0.3, 0.4) is 0 Å². The minimum absolute atomic E-state index is 0.184. The molecule has 0 radical (unpaired) electrons. The first-order valence-corrected chi connectivity index (χ1v) is 5.37. The Bertz CT molecular complexity index is 314. The van der Waals surface area contributed by atoms with Crippen molar-refractivity contribution in [2.45, 2.75) is 18.4 Å². The quantitative estimate of drug-likeness (QED) is 0.741. The second kappa shape index (κ2) is 4.30. The van der Waals surface area contributed by atoms with Gasteiger partial charge in [0.15, 0.2) is 0 Å². The summed E-state index contributed by atoms with van der Waals surface area (Å²) in [5.41, 5.74) is 7.26. The van der Waals surface area contributed by atoms with E-state index in [0.29, 0.717) is 5.92 Å². The van der Waals surface area contributed by atoms with Gasteiger partial charge in [-0.1, -0.05) is 29.8 Å². The lowest BCUT2D eigenvalue weighted by Crippen LogP contribution is -2.44. The molecule has 14 heavy (non-hydrogen) atoms. The van der Waals surface area contributed by atoms with E-state index in [1.807, 2.05) is 18.2 Å². The molecule has 1 saturated heterocycles. The number of halogens is 1. The Balaban J connectivity index is 2.25. The lowest BCUT2D eigenvalue weighted by Gasteiger charge is -2.30. The first kappa shape index (κ1) is 9.97. The molecule has 3 heteroatoms. The molecule has 1 aliphatic heterocycles. The van der Waals surface area contributed by atoms with Crippen molar-refractivity contribution >= 4 is 11.6 Å². The fourth-order valence-corrected chi connectivity index (χ4v) is 2.32. The van der Waals surface area contributed by atoms with Gasteiger partial charge in [-0.05, 0) is 24.6 Å². The van der Waals surface area contributed by atoms with Crippen LogP contribution in [0.1, 0.15) is 17.9 Å². The monoisotopic (exact) mass is 210 g/mol. The number of nitrogens with two attached hydrogens (primary N) is 1. The zero-order valence-corrected chi connectivity index (χ0v) is 8.80. The zero-order valence-electron chi connectivity index (χ0n) is 8.04. The molecule has 0 spiro atoms. The van der Waals surface area contributed by atoms with Crippen LogP contribution in [0, 0.1) is 0 Å². The molecule has 3 N–H and O–H groups in total. The fraction of sp³-hybridized carbons (Fsp3) is 0.455. The smallest absolute Gasteiger partial charge is 0.0441 e. The van der Waals surface area contributed by atoms with Gasteiger partial charge in [0.25, 0.3) is 0 Å². The van der Waals surface area contributed by atoms with Crippen LogP contribution in [-0.4, -0.2) is 19.1 Å². The minimum atomic E-state index is 0.184. The van der Waals surface area contributed by atoms with E-state index in [0.717, 1.165) is 24.5 Å². The molecule has 2 atom stereocenters. The molecule has 0 saturated carbocycles. The molecular weight excluding hydrogens is 196 g/mol.